The van der Waals surface area contributed by atoms with E-state index in [9.17, 15) is 27.6 Å². The molecular formula is C42H56N6O9S. The average Bonchev–Trinajstić information content (AvgIpc) is 4.09. The molecule has 4 heterocycles. The first-order valence-corrected chi connectivity index (χ1v) is 22.0. The highest BCUT2D eigenvalue weighted by molar-refractivity contribution is 7.91. The minimum absolute atomic E-state index is 0.00144. The van der Waals surface area contributed by atoms with E-state index in [1.165, 1.54) is 4.90 Å². The molecule has 3 N–H and O–H groups in total. The van der Waals surface area contributed by atoms with Crippen molar-refractivity contribution in [2.45, 2.75) is 114 Å². The van der Waals surface area contributed by atoms with Crippen LogP contribution in [0.15, 0.2) is 36.4 Å². The lowest BCUT2D eigenvalue weighted by molar-refractivity contribution is -0.141. The number of allylic oxidation sites excluding steroid dienone is 2. The molecule has 2 saturated carbocycles. The van der Waals surface area contributed by atoms with E-state index in [2.05, 4.69) is 29.2 Å². The van der Waals surface area contributed by atoms with Gasteiger partial charge >= 0.3 is 6.03 Å². The number of urea groups is 1. The molecule has 2 aromatic rings. The predicted molar refractivity (Wildman–Crippen MR) is 218 cm³/mol. The van der Waals surface area contributed by atoms with Crippen LogP contribution in [0, 0.1) is 11.3 Å². The van der Waals surface area contributed by atoms with E-state index in [1.807, 2.05) is 43.4 Å². The monoisotopic (exact) mass is 820 g/mol. The summed E-state index contributed by atoms with van der Waals surface area (Å²) in [5.41, 5.74) is -0.496. The second kappa shape index (κ2) is 16.4. The van der Waals surface area contributed by atoms with Crippen LogP contribution in [0.5, 0.6) is 17.4 Å². The molecule has 3 fully saturated rings. The lowest BCUT2D eigenvalue weighted by Crippen LogP contribution is -2.59. The highest BCUT2D eigenvalue weighted by atomic mass is 32.2. The Hall–Kier alpha value is -4.86. The molecule has 2 aliphatic carbocycles. The maximum atomic E-state index is 14.8. The van der Waals surface area contributed by atoms with Crippen molar-refractivity contribution in [3.8, 4) is 17.4 Å². The third-order valence-corrected chi connectivity index (χ3v) is 13.6. The van der Waals surface area contributed by atoms with Crippen LogP contribution in [0.1, 0.15) is 90.5 Å². The van der Waals surface area contributed by atoms with Crippen LogP contribution in [0.25, 0.3) is 17.0 Å². The summed E-state index contributed by atoms with van der Waals surface area (Å²) in [7, 11) is -0.606. The number of carbonyl (C=O) groups excluding carboxylic acids is 4. The Labute approximate surface area is 340 Å². The molecule has 5 atom stereocenters. The predicted octanol–water partition coefficient (Wildman–Crippen LogP) is 4.45. The fourth-order valence-electron chi connectivity index (χ4n) is 8.41. The van der Waals surface area contributed by atoms with Gasteiger partial charge in [0.25, 0.3) is 5.91 Å². The molecule has 0 radical (unpaired) electrons. The van der Waals surface area contributed by atoms with Gasteiger partial charge in [0, 0.05) is 49.0 Å². The Morgan fingerprint density at radius 2 is 1.88 bits per heavy atom. The van der Waals surface area contributed by atoms with E-state index in [4.69, 9.17) is 19.2 Å². The zero-order valence-electron chi connectivity index (χ0n) is 34.0. The van der Waals surface area contributed by atoms with Crippen molar-refractivity contribution >= 4 is 50.8 Å². The van der Waals surface area contributed by atoms with E-state index in [-0.39, 0.29) is 24.8 Å². The minimum atomic E-state index is -3.90. The summed E-state index contributed by atoms with van der Waals surface area (Å²) >= 11 is 0. The summed E-state index contributed by atoms with van der Waals surface area (Å²) in [6, 6.07) is 3.00. The van der Waals surface area contributed by atoms with Crippen molar-refractivity contribution in [3.63, 3.8) is 0 Å². The summed E-state index contributed by atoms with van der Waals surface area (Å²) in [5.74, 6) is -0.892. The molecule has 5 aliphatic rings. The molecule has 1 unspecified atom stereocenters. The number of fused-ring (bicyclic) bond motifs is 4. The molecule has 15 nitrogen and oxygen atoms in total. The number of methoxy groups -OCH3 is 1. The van der Waals surface area contributed by atoms with Crippen molar-refractivity contribution in [1.82, 2.24) is 30.1 Å². The van der Waals surface area contributed by atoms with Crippen LogP contribution in [0.3, 0.4) is 0 Å². The van der Waals surface area contributed by atoms with Gasteiger partial charge in [0.1, 0.15) is 35.2 Å². The maximum Gasteiger partial charge on any atom is 0.317 e. The molecule has 1 saturated heterocycles. The van der Waals surface area contributed by atoms with Gasteiger partial charge in [-0.2, -0.15) is 0 Å². The first-order chi connectivity index (χ1) is 27.6. The molecule has 1 aromatic heterocycles. The maximum absolute atomic E-state index is 14.8. The van der Waals surface area contributed by atoms with Gasteiger partial charge in [0.05, 0.1) is 31.0 Å². The molecular weight excluding hydrogens is 765 g/mol. The number of sulfonamides is 1. The Kier molecular flexibility index (Phi) is 11.7. The van der Waals surface area contributed by atoms with Crippen LogP contribution in [0.4, 0.5) is 4.79 Å². The summed E-state index contributed by atoms with van der Waals surface area (Å²) in [4.78, 5) is 64.8. The van der Waals surface area contributed by atoms with Crippen LogP contribution in [-0.4, -0.2) is 110 Å². The average molecular weight is 821 g/mol. The third-order valence-electron chi connectivity index (χ3n) is 11.8. The second-order valence-corrected chi connectivity index (χ2v) is 19.1. The fraction of sp³-hybridized carbons (Fsp3) is 0.595. The number of pyridine rings is 1. The number of aromatic nitrogens is 1. The van der Waals surface area contributed by atoms with Gasteiger partial charge in [0.15, 0.2) is 0 Å². The first-order valence-electron chi connectivity index (χ1n) is 20.5. The molecule has 58 heavy (non-hydrogen) atoms. The van der Waals surface area contributed by atoms with Crippen LogP contribution in [-0.2, 0) is 24.4 Å². The van der Waals surface area contributed by atoms with Crippen LogP contribution < -0.4 is 29.6 Å². The van der Waals surface area contributed by atoms with Crippen molar-refractivity contribution in [2.24, 2.45) is 11.3 Å². The SMILES string of the molecule is CCOc1cc2c3cc(c(OC)cc3n1)/C=C/CC(C)(C)CN(C)C(=O)N[C@H]1CCCCC/C=C\C3C[C@@]3(C(=O)NS(=O)(=O)C3CC3)NC(=O)[C@@H]3C[C@H](CN3C1=O)O2. The van der Waals surface area contributed by atoms with Crippen LogP contribution in [0.2, 0.25) is 0 Å². The van der Waals surface area contributed by atoms with E-state index >= 15 is 0 Å². The van der Waals surface area contributed by atoms with E-state index in [0.29, 0.717) is 80.0 Å². The number of ether oxygens (including phenoxy) is 3. The zero-order chi connectivity index (χ0) is 41.4. The quantitative estimate of drug-likeness (QED) is 0.352. The van der Waals surface area contributed by atoms with Crippen molar-refractivity contribution in [1.29, 1.82) is 0 Å². The molecule has 7 rings (SSSR count). The van der Waals surface area contributed by atoms with Gasteiger partial charge in [-0.25, -0.2) is 18.2 Å². The first kappa shape index (κ1) is 41.3. The highest BCUT2D eigenvalue weighted by Crippen LogP contribution is 2.46. The number of nitrogens with one attached hydrogen (secondary N) is 3. The van der Waals surface area contributed by atoms with E-state index < -0.39 is 68.7 Å². The standard InChI is InChI=1S/C42H56N6O9S/c1-6-56-36-22-35-30-19-26(34(55-5)21-32(30)43-36)13-12-18-41(2,3)25-47(4)40(52)44-31-15-11-9-7-8-10-14-27-23-42(27,39(51)46-58(53,54)29-16-17-29)45-37(49)33-20-28(57-35)24-48(33)38(31)50/h10,12-14,19,21-22,27-29,31,33H,6-9,11,15-18,20,23-25H2,1-5H3,(H,44,52)(H,45,49)(H,46,51)/b13-12+,14-10-/t27?,28-,31+,33+,42-/m1/s1. The minimum Gasteiger partial charge on any atom is -0.496 e. The van der Waals surface area contributed by atoms with Crippen LogP contribution >= 0.6 is 0 Å². The number of rotatable bonds is 6. The van der Waals surface area contributed by atoms with Gasteiger partial charge in [-0.3, -0.25) is 19.1 Å². The zero-order valence-corrected chi connectivity index (χ0v) is 34.9. The van der Waals surface area contributed by atoms with Crippen molar-refractivity contribution in [3.05, 3.63) is 42.0 Å². The van der Waals surface area contributed by atoms with E-state index in [1.54, 1.807) is 25.1 Å². The Morgan fingerprint density at radius 1 is 1.09 bits per heavy atom. The lowest BCUT2D eigenvalue weighted by Gasteiger charge is -2.33. The Balaban J connectivity index is 1.29. The molecule has 1 aromatic carbocycles. The Bertz CT molecular complexity index is 2120. The normalized spacial score (nSPS) is 29.1. The summed E-state index contributed by atoms with van der Waals surface area (Å²) < 4.78 is 46.4. The third kappa shape index (κ3) is 8.91. The van der Waals surface area contributed by atoms with Gasteiger partial charge in [-0.15, -0.1) is 0 Å². The summed E-state index contributed by atoms with van der Waals surface area (Å²) in [6.07, 6.45) is 12.3. The molecule has 16 heteroatoms. The number of hydrogen-bond acceptors (Lipinski definition) is 10. The summed E-state index contributed by atoms with van der Waals surface area (Å²) in [6.45, 7) is 6.74. The topological polar surface area (TPSA) is 186 Å². The number of hydrogen-bond donors (Lipinski definition) is 3. The smallest absolute Gasteiger partial charge is 0.317 e. The second-order valence-electron chi connectivity index (χ2n) is 17.1. The molecule has 5 amide bonds. The van der Waals surface area contributed by atoms with Crippen molar-refractivity contribution < 1.29 is 41.8 Å². The highest BCUT2D eigenvalue weighted by Gasteiger charge is 2.62. The lowest BCUT2D eigenvalue weighted by atomic mass is 9.88. The van der Waals surface area contributed by atoms with Gasteiger partial charge in [0.2, 0.25) is 27.7 Å². The molecule has 314 valence electrons. The van der Waals surface area contributed by atoms with E-state index in [0.717, 1.165) is 18.4 Å². The number of amides is 5. The molecule has 3 aliphatic heterocycles. The largest absolute Gasteiger partial charge is 0.496 e. The number of benzene rings is 1. The number of carbonyl (C=O) groups is 4. The number of nitrogens with zero attached hydrogens (tertiary/aromatic N) is 3. The fourth-order valence-corrected chi connectivity index (χ4v) is 9.78. The van der Waals surface area contributed by atoms with Crippen molar-refractivity contribution in [2.75, 3.05) is 33.9 Å². The summed E-state index contributed by atoms with van der Waals surface area (Å²) in [5, 5.41) is 5.97. The van der Waals surface area contributed by atoms with Gasteiger partial charge in [-0.1, -0.05) is 51.0 Å². The molecule has 0 spiro atoms. The Morgan fingerprint density at radius 3 is 2.62 bits per heavy atom. The van der Waals surface area contributed by atoms with Gasteiger partial charge in [-0.05, 0) is 63.4 Å². The molecule has 5 bridgehead atoms. The van der Waals surface area contributed by atoms with Gasteiger partial charge < -0.3 is 34.6 Å².